The van der Waals surface area contributed by atoms with Crippen LogP contribution in [0.1, 0.15) is 31.4 Å². The van der Waals surface area contributed by atoms with Crippen LogP contribution in [0.2, 0.25) is 0 Å². The molecule has 3 atom stereocenters. The van der Waals surface area contributed by atoms with Gasteiger partial charge in [-0.25, -0.2) is 4.98 Å². The van der Waals surface area contributed by atoms with Gasteiger partial charge in [0.15, 0.2) is 0 Å². The van der Waals surface area contributed by atoms with Crippen LogP contribution in [-0.2, 0) is 6.61 Å². The maximum Gasteiger partial charge on any atom is 0.128 e. The largest absolute Gasteiger partial charge is 0.507 e. The molecule has 4 N–H and O–H groups in total. The van der Waals surface area contributed by atoms with Crippen molar-refractivity contribution < 1.29 is 10.2 Å². The lowest BCUT2D eigenvalue weighted by Gasteiger charge is -2.36. The Hall–Kier alpha value is -2.90. The molecule has 0 radical (unpaired) electrons. The fraction of sp³-hybridized carbons (Fsp3) is 0.391. The number of pyridine rings is 1. The van der Waals surface area contributed by atoms with E-state index in [1.54, 1.807) is 18.5 Å². The zero-order valence-corrected chi connectivity index (χ0v) is 17.0. The number of benzene rings is 1. The SMILES string of the molecule is CN(c1ccc(-c2ccc(-c3cn[nH]c3)cc2O)c(CO)n1)[C@@H]1C[C@H]2CC[C@@H](C1)N2. The summed E-state index contributed by atoms with van der Waals surface area (Å²) in [7, 11) is 2.09. The van der Waals surface area contributed by atoms with E-state index in [2.05, 4.69) is 27.5 Å². The molecule has 7 heteroatoms. The predicted octanol–water partition coefficient (Wildman–Crippen LogP) is 3.06. The van der Waals surface area contributed by atoms with Crippen LogP contribution in [-0.4, -0.2) is 50.6 Å². The third kappa shape index (κ3) is 3.44. The predicted molar refractivity (Wildman–Crippen MR) is 116 cm³/mol. The Kier molecular flexibility index (Phi) is 4.92. The second kappa shape index (κ2) is 7.74. The number of nitrogens with one attached hydrogen (secondary N) is 2. The molecule has 0 saturated carbocycles. The number of piperidine rings is 1. The minimum absolute atomic E-state index is 0.154. The summed E-state index contributed by atoms with van der Waals surface area (Å²) in [5.41, 5.74) is 3.76. The number of aromatic amines is 1. The lowest BCUT2D eigenvalue weighted by molar-refractivity contribution is 0.277. The van der Waals surface area contributed by atoms with Gasteiger partial charge in [0, 0.05) is 48.1 Å². The zero-order valence-electron chi connectivity index (χ0n) is 17.0. The molecule has 2 saturated heterocycles. The highest BCUT2D eigenvalue weighted by atomic mass is 16.3. The first kappa shape index (κ1) is 19.1. The lowest BCUT2D eigenvalue weighted by Crippen LogP contribution is -2.47. The molecule has 7 nitrogen and oxygen atoms in total. The maximum atomic E-state index is 10.7. The molecule has 0 spiro atoms. The van der Waals surface area contributed by atoms with E-state index in [4.69, 9.17) is 4.98 Å². The van der Waals surface area contributed by atoms with Crippen molar-refractivity contribution in [3.8, 4) is 28.0 Å². The molecule has 2 aromatic heterocycles. The molecule has 3 aromatic rings. The van der Waals surface area contributed by atoms with Crippen LogP contribution < -0.4 is 10.2 Å². The summed E-state index contributed by atoms with van der Waals surface area (Å²) < 4.78 is 0. The van der Waals surface area contributed by atoms with Gasteiger partial charge in [0.1, 0.15) is 11.6 Å². The quantitative estimate of drug-likeness (QED) is 0.521. The molecule has 2 aliphatic heterocycles. The van der Waals surface area contributed by atoms with Crippen LogP contribution in [0.3, 0.4) is 0 Å². The average Bonchev–Trinajstić information content (AvgIpc) is 3.42. The topological polar surface area (TPSA) is 97.3 Å². The van der Waals surface area contributed by atoms with Crippen molar-refractivity contribution in [2.75, 3.05) is 11.9 Å². The van der Waals surface area contributed by atoms with Crippen LogP contribution in [0, 0.1) is 0 Å². The Bertz CT molecular complexity index is 1020. The van der Waals surface area contributed by atoms with Gasteiger partial charge in [0.2, 0.25) is 0 Å². The maximum absolute atomic E-state index is 10.7. The summed E-state index contributed by atoms with van der Waals surface area (Å²) in [4.78, 5) is 7.00. The van der Waals surface area contributed by atoms with Crippen LogP contribution in [0.15, 0.2) is 42.7 Å². The molecule has 2 bridgehead atoms. The summed E-state index contributed by atoms with van der Waals surface area (Å²) in [6, 6.07) is 11.1. The summed E-state index contributed by atoms with van der Waals surface area (Å²) in [5, 5.41) is 31.1. The van der Waals surface area contributed by atoms with Crippen molar-refractivity contribution in [1.82, 2.24) is 20.5 Å². The lowest BCUT2D eigenvalue weighted by atomic mass is 9.97. The first-order valence-corrected chi connectivity index (χ1v) is 10.5. The van der Waals surface area contributed by atoms with E-state index in [1.807, 2.05) is 24.3 Å². The summed E-state index contributed by atoms with van der Waals surface area (Å²) in [6.45, 7) is -0.183. The molecule has 0 amide bonds. The monoisotopic (exact) mass is 405 g/mol. The van der Waals surface area contributed by atoms with E-state index in [-0.39, 0.29) is 12.4 Å². The molecular weight excluding hydrogens is 378 g/mol. The van der Waals surface area contributed by atoms with E-state index in [0.717, 1.165) is 35.3 Å². The van der Waals surface area contributed by atoms with Gasteiger partial charge >= 0.3 is 0 Å². The van der Waals surface area contributed by atoms with E-state index in [1.165, 1.54) is 12.8 Å². The van der Waals surface area contributed by atoms with E-state index >= 15 is 0 Å². The minimum atomic E-state index is -0.183. The highest BCUT2D eigenvalue weighted by Gasteiger charge is 2.35. The third-order valence-electron chi connectivity index (χ3n) is 6.59. The van der Waals surface area contributed by atoms with Gasteiger partial charge in [-0.05, 0) is 55.5 Å². The fourth-order valence-electron chi connectivity index (χ4n) is 4.93. The molecule has 1 aromatic carbocycles. The first-order valence-electron chi connectivity index (χ1n) is 10.5. The van der Waals surface area contributed by atoms with Crippen molar-refractivity contribution in [3.63, 3.8) is 0 Å². The molecular formula is C23H27N5O2. The van der Waals surface area contributed by atoms with Gasteiger partial charge < -0.3 is 20.4 Å². The highest BCUT2D eigenvalue weighted by Crippen LogP contribution is 2.36. The average molecular weight is 406 g/mol. The van der Waals surface area contributed by atoms with Gasteiger partial charge in [-0.2, -0.15) is 5.10 Å². The van der Waals surface area contributed by atoms with Crippen LogP contribution in [0.5, 0.6) is 5.75 Å². The van der Waals surface area contributed by atoms with Gasteiger partial charge in [-0.3, -0.25) is 5.10 Å². The van der Waals surface area contributed by atoms with Crippen molar-refractivity contribution >= 4 is 5.82 Å². The Morgan fingerprint density at radius 1 is 1.07 bits per heavy atom. The fourth-order valence-corrected chi connectivity index (χ4v) is 4.93. The normalized spacial score (nSPS) is 22.9. The number of hydrogen-bond acceptors (Lipinski definition) is 6. The Morgan fingerprint density at radius 2 is 1.83 bits per heavy atom. The molecule has 0 unspecified atom stereocenters. The summed E-state index contributed by atoms with van der Waals surface area (Å²) >= 11 is 0. The van der Waals surface area contributed by atoms with Gasteiger partial charge in [-0.1, -0.05) is 6.07 Å². The Balaban J connectivity index is 1.43. The van der Waals surface area contributed by atoms with Crippen molar-refractivity contribution in [2.24, 2.45) is 0 Å². The number of hydrogen-bond donors (Lipinski definition) is 4. The number of aromatic hydroxyl groups is 1. The second-order valence-electron chi connectivity index (χ2n) is 8.41. The van der Waals surface area contributed by atoms with Crippen LogP contribution >= 0.6 is 0 Å². The highest BCUT2D eigenvalue weighted by molar-refractivity contribution is 5.77. The van der Waals surface area contributed by atoms with E-state index in [9.17, 15) is 10.2 Å². The van der Waals surface area contributed by atoms with Crippen LogP contribution in [0.25, 0.3) is 22.3 Å². The first-order chi connectivity index (χ1) is 14.6. The molecule has 2 aliphatic rings. The Labute approximate surface area is 175 Å². The van der Waals surface area contributed by atoms with Crippen molar-refractivity contribution in [2.45, 2.75) is 50.4 Å². The number of H-pyrrole nitrogens is 1. The number of fused-ring (bicyclic) bond motifs is 2. The van der Waals surface area contributed by atoms with Gasteiger partial charge in [0.25, 0.3) is 0 Å². The number of phenols is 1. The molecule has 156 valence electrons. The third-order valence-corrected chi connectivity index (χ3v) is 6.59. The van der Waals surface area contributed by atoms with Gasteiger partial charge in [0.05, 0.1) is 18.5 Å². The van der Waals surface area contributed by atoms with E-state index in [0.29, 0.717) is 29.4 Å². The number of aliphatic hydroxyl groups is 1. The number of rotatable bonds is 5. The second-order valence-corrected chi connectivity index (χ2v) is 8.41. The number of anilines is 1. The smallest absolute Gasteiger partial charge is 0.128 e. The molecule has 5 rings (SSSR count). The van der Waals surface area contributed by atoms with Crippen molar-refractivity contribution in [1.29, 1.82) is 0 Å². The van der Waals surface area contributed by atoms with Crippen LogP contribution in [0.4, 0.5) is 5.82 Å². The van der Waals surface area contributed by atoms with E-state index < -0.39 is 0 Å². The number of phenolic OH excluding ortho intramolecular Hbond substituents is 1. The zero-order chi connectivity index (χ0) is 20.7. The minimum Gasteiger partial charge on any atom is -0.507 e. The summed E-state index contributed by atoms with van der Waals surface area (Å²) in [6.07, 6.45) is 8.27. The van der Waals surface area contributed by atoms with Gasteiger partial charge in [-0.15, -0.1) is 0 Å². The number of aliphatic hydroxyl groups excluding tert-OH is 1. The molecule has 0 aliphatic carbocycles. The molecule has 30 heavy (non-hydrogen) atoms. The standard InChI is InChI=1S/C23H27N5O2/c1-28(18-9-16-3-4-17(10-18)26-16)23-7-6-19(21(13-29)27-23)20-5-2-14(8-22(20)30)15-11-24-25-12-15/h2,5-8,11-12,16-18,26,29-30H,3-4,9-10,13H2,1H3,(H,24,25)/t16-,17+,18-. The number of nitrogens with zero attached hydrogens (tertiary/aromatic N) is 3. The molecule has 2 fully saturated rings. The Morgan fingerprint density at radius 3 is 2.50 bits per heavy atom. The number of aromatic nitrogens is 3. The summed E-state index contributed by atoms with van der Waals surface area (Å²) in [5.74, 6) is 1.02. The molecule has 4 heterocycles. The van der Waals surface area contributed by atoms with Crippen molar-refractivity contribution in [3.05, 3.63) is 48.4 Å².